The first kappa shape index (κ1) is 45.9. The number of rotatable bonds is 6. The number of alkyl carbamates (subject to hydrolysis) is 1. The predicted octanol–water partition coefficient (Wildman–Crippen LogP) is 6.78. The van der Waals surface area contributed by atoms with Gasteiger partial charge in [0.15, 0.2) is 0 Å². The smallest absolute Gasteiger partial charge is 0.408 e. The largest absolute Gasteiger partial charge is 0.464 e. The number of amides is 2. The van der Waals surface area contributed by atoms with Crippen molar-refractivity contribution in [3.8, 4) is 11.3 Å². The second-order valence-corrected chi connectivity index (χ2v) is 20.4. The van der Waals surface area contributed by atoms with Crippen molar-refractivity contribution < 1.29 is 41.8 Å². The van der Waals surface area contributed by atoms with E-state index in [4.69, 9.17) is 19.2 Å². The van der Waals surface area contributed by atoms with Crippen LogP contribution in [0.4, 0.5) is 29.3 Å². The first-order valence-electron chi connectivity index (χ1n) is 23.0. The van der Waals surface area contributed by atoms with Crippen LogP contribution in [0.1, 0.15) is 97.7 Å². The minimum Gasteiger partial charge on any atom is -0.464 e. The second-order valence-electron chi connectivity index (χ2n) is 20.4. The highest BCUT2D eigenvalue weighted by Crippen LogP contribution is 2.44. The Balaban J connectivity index is 1.24. The Morgan fingerprint density at radius 3 is 2.44 bits per heavy atom. The van der Waals surface area contributed by atoms with Crippen molar-refractivity contribution in [1.29, 1.82) is 0 Å². The van der Waals surface area contributed by atoms with Crippen LogP contribution in [-0.4, -0.2) is 132 Å². The molecule has 0 radical (unpaired) electrons. The molecule has 14 nitrogen and oxygen atoms in total. The highest BCUT2D eigenvalue weighted by molar-refractivity contribution is 5.95. The van der Waals surface area contributed by atoms with Gasteiger partial charge < -0.3 is 33.9 Å². The lowest BCUT2D eigenvalue weighted by atomic mass is 9.84. The number of hydrazine groups is 1. The van der Waals surface area contributed by atoms with Gasteiger partial charge in [-0.3, -0.25) is 24.5 Å². The number of esters is 1. The average molecular weight is 895 g/mol. The molecule has 1 aromatic carbocycles. The SMILES string of the molecule is CC(C)c1ncc(N2CCN(C3CC3)CC2)cc1-c1c2c3cc(ccc3n1CC(F)(F)F)N1CCO[C@@H](C[C@H](NC(=O)OC(C)(C)C)C(=O)N3CCC[C@H](N3)C(=O)OCC(C)(C)C2)C1. The van der Waals surface area contributed by atoms with E-state index >= 15 is 0 Å². The van der Waals surface area contributed by atoms with Crippen LogP contribution in [0, 0.1) is 5.41 Å². The molecule has 17 heteroatoms. The summed E-state index contributed by atoms with van der Waals surface area (Å²) in [6.07, 6.45) is -0.167. The van der Waals surface area contributed by atoms with E-state index in [1.165, 1.54) is 22.4 Å². The van der Waals surface area contributed by atoms with Crippen LogP contribution in [-0.2, 0) is 36.8 Å². The van der Waals surface area contributed by atoms with Gasteiger partial charge in [-0.1, -0.05) is 27.7 Å². The van der Waals surface area contributed by atoms with E-state index in [9.17, 15) is 27.6 Å². The van der Waals surface area contributed by atoms with Crippen molar-refractivity contribution in [2.75, 3.05) is 68.8 Å². The molecule has 8 rings (SSSR count). The topological polar surface area (TPSA) is 134 Å². The fraction of sp³-hybridized carbons (Fsp3) is 0.660. The van der Waals surface area contributed by atoms with E-state index in [2.05, 4.69) is 25.4 Å². The van der Waals surface area contributed by atoms with Gasteiger partial charge in [0.2, 0.25) is 0 Å². The Kier molecular flexibility index (Phi) is 12.9. The number of carbonyl (C=O) groups excluding carboxylic acids is 3. The predicted molar refractivity (Wildman–Crippen MR) is 238 cm³/mol. The molecule has 4 aliphatic heterocycles. The van der Waals surface area contributed by atoms with Gasteiger partial charge in [0.1, 0.15) is 24.2 Å². The van der Waals surface area contributed by atoms with Crippen molar-refractivity contribution in [2.45, 2.75) is 135 Å². The fourth-order valence-corrected chi connectivity index (χ4v) is 9.74. The zero-order chi connectivity index (χ0) is 45.7. The lowest BCUT2D eigenvalue weighted by Crippen LogP contribution is -2.61. The molecule has 6 heterocycles. The Morgan fingerprint density at radius 2 is 1.75 bits per heavy atom. The molecule has 0 spiro atoms. The van der Waals surface area contributed by atoms with E-state index in [0.29, 0.717) is 73.0 Å². The van der Waals surface area contributed by atoms with Crippen LogP contribution in [0.15, 0.2) is 30.5 Å². The molecule has 2 N–H and O–H groups in total. The number of piperazine rings is 1. The molecular formula is C47H65F3N8O6. The lowest BCUT2D eigenvalue weighted by molar-refractivity contribution is -0.155. The maximum Gasteiger partial charge on any atom is 0.408 e. The summed E-state index contributed by atoms with van der Waals surface area (Å²) in [6, 6.07) is 6.41. The molecule has 1 aliphatic carbocycles. The van der Waals surface area contributed by atoms with Crippen molar-refractivity contribution >= 4 is 40.2 Å². The molecular weight excluding hydrogens is 830 g/mol. The molecule has 3 saturated heterocycles. The molecule has 0 unspecified atom stereocenters. The number of anilines is 2. The Bertz CT molecular complexity index is 2210. The van der Waals surface area contributed by atoms with Gasteiger partial charge in [-0.25, -0.2) is 10.2 Å². The average Bonchev–Trinajstić information content (AvgIpc) is 4.05. The number of carbonyl (C=O) groups is 3. The number of hydrogen-bond donors (Lipinski definition) is 2. The fourth-order valence-electron chi connectivity index (χ4n) is 9.74. The quantitative estimate of drug-likeness (QED) is 0.254. The molecule has 6 bridgehead atoms. The van der Waals surface area contributed by atoms with Gasteiger partial charge in [-0.2, -0.15) is 13.2 Å². The van der Waals surface area contributed by atoms with Gasteiger partial charge in [-0.15, -0.1) is 0 Å². The normalized spacial score (nSPS) is 24.2. The van der Waals surface area contributed by atoms with Crippen molar-refractivity contribution in [3.05, 3.63) is 41.7 Å². The summed E-state index contributed by atoms with van der Waals surface area (Å²) in [6.45, 7) is 16.9. The third-order valence-electron chi connectivity index (χ3n) is 12.9. The number of aromatic nitrogens is 2. The van der Waals surface area contributed by atoms with Crippen molar-refractivity contribution in [1.82, 2.24) is 30.2 Å². The highest BCUT2D eigenvalue weighted by atomic mass is 19.4. The number of alkyl halides is 3. The van der Waals surface area contributed by atoms with E-state index in [1.54, 1.807) is 26.8 Å². The van der Waals surface area contributed by atoms with Gasteiger partial charge >= 0.3 is 18.2 Å². The standard InChI is InChI=1S/C47H65F3N8O6/c1-29(2)40-35(22-32(25-51-40)55-17-15-54(16-18-55)30-10-11-30)41-36-24-46(6,7)28-63-43(60)37-9-8-14-58(53-37)42(59)38(52-44(61)64-45(3,4)5)23-33-26-56(19-20-62-33)31-12-13-39(34(36)21-31)57(41)27-47(48,49)50/h12-13,21-22,25,29-30,33,37-38,53H,8-11,14-20,23-24,26-28H2,1-7H3,(H,52,61)/t33-,37-,38-/m0/s1. The second kappa shape index (κ2) is 18.0. The van der Waals surface area contributed by atoms with Crippen molar-refractivity contribution in [2.24, 2.45) is 5.41 Å². The summed E-state index contributed by atoms with van der Waals surface area (Å²) in [7, 11) is 0. The minimum absolute atomic E-state index is 0.0302. The van der Waals surface area contributed by atoms with Gasteiger partial charge in [0.25, 0.3) is 5.91 Å². The molecule has 1 saturated carbocycles. The Hall–Kier alpha value is -4.61. The number of ether oxygens (including phenoxy) is 3. The summed E-state index contributed by atoms with van der Waals surface area (Å²) >= 11 is 0. The number of halogens is 3. The number of fused-ring (bicyclic) bond motifs is 6. The molecule has 64 heavy (non-hydrogen) atoms. The van der Waals surface area contributed by atoms with Gasteiger partial charge in [0.05, 0.1) is 42.6 Å². The molecule has 2 aromatic heterocycles. The van der Waals surface area contributed by atoms with E-state index in [-0.39, 0.29) is 25.4 Å². The van der Waals surface area contributed by atoms with Crippen LogP contribution >= 0.6 is 0 Å². The number of cyclic esters (lactones) is 1. The van der Waals surface area contributed by atoms with Gasteiger partial charge in [0, 0.05) is 85.8 Å². The van der Waals surface area contributed by atoms with Crippen LogP contribution in [0.5, 0.6) is 0 Å². The zero-order valence-corrected chi connectivity index (χ0v) is 38.4. The van der Waals surface area contributed by atoms with E-state index in [1.807, 2.05) is 52.1 Å². The van der Waals surface area contributed by atoms with E-state index < -0.39 is 59.9 Å². The van der Waals surface area contributed by atoms with Crippen LogP contribution in [0.2, 0.25) is 0 Å². The summed E-state index contributed by atoms with van der Waals surface area (Å²) < 4.78 is 64.1. The number of morpholine rings is 1. The summed E-state index contributed by atoms with van der Waals surface area (Å²) in [5.74, 6) is -1.08. The third kappa shape index (κ3) is 10.6. The molecule has 5 aliphatic rings. The zero-order valence-electron chi connectivity index (χ0n) is 38.4. The molecule has 4 fully saturated rings. The molecule has 350 valence electrons. The highest BCUT2D eigenvalue weighted by Gasteiger charge is 2.39. The Morgan fingerprint density at radius 1 is 1.00 bits per heavy atom. The number of nitrogens with zero attached hydrogens (tertiary/aromatic N) is 6. The van der Waals surface area contributed by atoms with Crippen molar-refractivity contribution in [3.63, 3.8) is 0 Å². The van der Waals surface area contributed by atoms with Gasteiger partial charge in [-0.05, 0) is 88.6 Å². The number of pyridine rings is 1. The lowest BCUT2D eigenvalue weighted by Gasteiger charge is -2.38. The summed E-state index contributed by atoms with van der Waals surface area (Å²) in [5.41, 5.74) is 6.17. The maximum atomic E-state index is 14.9. The summed E-state index contributed by atoms with van der Waals surface area (Å²) in [5, 5.41) is 4.82. The first-order chi connectivity index (χ1) is 30.2. The minimum atomic E-state index is -4.55. The monoisotopic (exact) mass is 894 g/mol. The first-order valence-corrected chi connectivity index (χ1v) is 23.0. The number of hydrogen-bond acceptors (Lipinski definition) is 11. The molecule has 3 aromatic rings. The Labute approximate surface area is 374 Å². The third-order valence-corrected chi connectivity index (χ3v) is 12.9. The maximum absolute atomic E-state index is 14.9. The number of nitrogens with one attached hydrogen (secondary N) is 2. The molecule has 3 atom stereocenters. The number of benzene rings is 1. The summed E-state index contributed by atoms with van der Waals surface area (Å²) in [4.78, 5) is 53.2. The van der Waals surface area contributed by atoms with Crippen LogP contribution in [0.25, 0.3) is 22.2 Å². The molecule has 2 amide bonds. The van der Waals surface area contributed by atoms with E-state index in [0.717, 1.165) is 43.1 Å². The van der Waals surface area contributed by atoms with Crippen LogP contribution < -0.4 is 20.5 Å². The van der Waals surface area contributed by atoms with Crippen LogP contribution in [0.3, 0.4) is 0 Å².